The molecule has 2 aliphatic rings. The van der Waals surface area contributed by atoms with Gasteiger partial charge in [-0.3, -0.25) is 0 Å². The molecule has 1 fully saturated rings. The predicted molar refractivity (Wildman–Crippen MR) is 97.4 cm³/mol. The van der Waals surface area contributed by atoms with E-state index in [0.717, 1.165) is 16.8 Å². The Labute approximate surface area is 160 Å². The minimum atomic E-state index is -0.566. The van der Waals surface area contributed by atoms with E-state index in [2.05, 4.69) is 21.2 Å². The van der Waals surface area contributed by atoms with E-state index in [9.17, 15) is 9.18 Å². The van der Waals surface area contributed by atoms with E-state index in [1.807, 2.05) is 13.8 Å². The molecule has 1 N–H and O–H groups in total. The summed E-state index contributed by atoms with van der Waals surface area (Å²) < 4.78 is 30.7. The lowest BCUT2D eigenvalue weighted by Crippen LogP contribution is -2.45. The van der Waals surface area contributed by atoms with Gasteiger partial charge in [0.1, 0.15) is 5.82 Å². The van der Waals surface area contributed by atoms with Gasteiger partial charge in [-0.15, -0.1) is 0 Å². The van der Waals surface area contributed by atoms with Crippen molar-refractivity contribution in [1.29, 1.82) is 0 Å². The molecule has 1 atom stereocenters. The minimum Gasteiger partial charge on any atom is -0.463 e. The molecular formula is C19H21BrFNO4. The van der Waals surface area contributed by atoms with Crippen molar-refractivity contribution in [3.63, 3.8) is 0 Å². The van der Waals surface area contributed by atoms with Gasteiger partial charge in [-0.2, -0.15) is 0 Å². The monoisotopic (exact) mass is 425 g/mol. The van der Waals surface area contributed by atoms with Crippen molar-refractivity contribution >= 4 is 21.9 Å². The third-order valence-corrected chi connectivity index (χ3v) is 5.08. The average Bonchev–Trinajstić information content (AvgIpc) is 2.54. The van der Waals surface area contributed by atoms with Crippen LogP contribution in [0.1, 0.15) is 39.2 Å². The third kappa shape index (κ3) is 3.43. The van der Waals surface area contributed by atoms with Crippen molar-refractivity contribution in [1.82, 2.24) is 5.32 Å². The van der Waals surface area contributed by atoms with E-state index in [1.165, 1.54) is 6.07 Å². The zero-order valence-corrected chi connectivity index (χ0v) is 16.6. The van der Waals surface area contributed by atoms with Gasteiger partial charge in [0.25, 0.3) is 0 Å². The molecule has 1 unspecified atom stereocenters. The highest BCUT2D eigenvalue weighted by atomic mass is 79.9. The maximum absolute atomic E-state index is 13.8. The maximum atomic E-state index is 13.8. The number of esters is 1. The lowest BCUT2D eigenvalue weighted by atomic mass is 9.80. The standard InChI is InChI=1S/C19H21BrFNO4/c1-5-24-18(23)15-9(2)22-10(3)16(19-25-11(4)26-19)17(15)12-6-7-14(21)13(20)8-12/h6-8,11,17,19,22H,5H2,1-4H3. The Hall–Kier alpha value is -1.70. The van der Waals surface area contributed by atoms with Crippen LogP contribution in [0.4, 0.5) is 4.39 Å². The van der Waals surface area contributed by atoms with Crippen LogP contribution in [0.25, 0.3) is 0 Å². The quantitative estimate of drug-likeness (QED) is 0.735. The van der Waals surface area contributed by atoms with Gasteiger partial charge in [0, 0.05) is 22.9 Å². The van der Waals surface area contributed by atoms with Gasteiger partial charge < -0.3 is 19.5 Å². The van der Waals surface area contributed by atoms with Crippen LogP contribution in [-0.2, 0) is 19.0 Å². The van der Waals surface area contributed by atoms with Gasteiger partial charge in [-0.05, 0) is 61.3 Å². The molecule has 1 saturated heterocycles. The summed E-state index contributed by atoms with van der Waals surface area (Å²) >= 11 is 3.23. The molecule has 3 rings (SSSR count). The van der Waals surface area contributed by atoms with Gasteiger partial charge in [0.05, 0.1) is 16.7 Å². The van der Waals surface area contributed by atoms with Crippen molar-refractivity contribution in [3.05, 3.63) is 56.6 Å². The normalized spacial score (nSPS) is 25.7. The van der Waals surface area contributed by atoms with Crippen LogP contribution in [0.3, 0.4) is 0 Å². The number of rotatable bonds is 4. The largest absolute Gasteiger partial charge is 0.463 e. The van der Waals surface area contributed by atoms with E-state index < -0.39 is 18.2 Å². The van der Waals surface area contributed by atoms with Gasteiger partial charge in [-0.25, -0.2) is 9.18 Å². The number of allylic oxidation sites excluding steroid dienone is 2. The van der Waals surface area contributed by atoms with E-state index in [4.69, 9.17) is 14.2 Å². The van der Waals surface area contributed by atoms with Gasteiger partial charge in [-0.1, -0.05) is 6.07 Å². The maximum Gasteiger partial charge on any atom is 0.336 e. The second kappa shape index (κ2) is 7.50. The molecule has 0 amide bonds. The van der Waals surface area contributed by atoms with Crippen molar-refractivity contribution < 1.29 is 23.4 Å². The predicted octanol–water partition coefficient (Wildman–Crippen LogP) is 4.11. The van der Waals surface area contributed by atoms with Gasteiger partial charge in [0.15, 0.2) is 12.6 Å². The van der Waals surface area contributed by atoms with Crippen LogP contribution < -0.4 is 5.32 Å². The molecule has 0 aliphatic carbocycles. The fourth-order valence-electron chi connectivity index (χ4n) is 3.34. The van der Waals surface area contributed by atoms with Gasteiger partial charge in [0.2, 0.25) is 0 Å². The van der Waals surface area contributed by atoms with Crippen LogP contribution in [0.15, 0.2) is 45.2 Å². The molecule has 0 spiro atoms. The number of ether oxygens (including phenoxy) is 3. The molecule has 2 heterocycles. The van der Waals surface area contributed by atoms with Crippen molar-refractivity contribution in [2.24, 2.45) is 0 Å². The number of carbonyl (C=O) groups is 1. The van der Waals surface area contributed by atoms with Crippen LogP contribution >= 0.6 is 15.9 Å². The Kier molecular flexibility index (Phi) is 5.50. The summed E-state index contributed by atoms with van der Waals surface area (Å²) in [5.41, 5.74) is 3.55. The Balaban J connectivity index is 2.12. The number of hydrogen-bond acceptors (Lipinski definition) is 5. The second-order valence-electron chi connectivity index (χ2n) is 6.24. The smallest absolute Gasteiger partial charge is 0.336 e. The number of benzene rings is 1. The Morgan fingerprint density at radius 3 is 2.58 bits per heavy atom. The third-order valence-electron chi connectivity index (χ3n) is 4.47. The summed E-state index contributed by atoms with van der Waals surface area (Å²) in [6.07, 6.45) is -0.872. The molecule has 140 valence electrons. The van der Waals surface area contributed by atoms with E-state index in [1.54, 1.807) is 26.0 Å². The molecule has 2 aliphatic heterocycles. The molecule has 0 saturated carbocycles. The summed E-state index contributed by atoms with van der Waals surface area (Å²) in [7, 11) is 0. The first-order chi connectivity index (χ1) is 12.3. The van der Waals surface area contributed by atoms with E-state index >= 15 is 0 Å². The summed E-state index contributed by atoms with van der Waals surface area (Å²) in [5.74, 6) is -1.24. The number of nitrogens with one attached hydrogen (secondary N) is 1. The van der Waals surface area contributed by atoms with E-state index in [0.29, 0.717) is 15.7 Å². The first kappa shape index (κ1) is 19.1. The number of dihydropyridines is 1. The SMILES string of the molecule is CCOC(=O)C1=C(C)NC(C)=C(C2OC(C)O2)C1c1ccc(F)c(Br)c1. The minimum absolute atomic E-state index is 0.265. The van der Waals surface area contributed by atoms with Crippen LogP contribution in [0, 0.1) is 5.82 Å². The zero-order valence-electron chi connectivity index (χ0n) is 15.1. The number of halogens is 2. The van der Waals surface area contributed by atoms with Crippen molar-refractivity contribution in [2.75, 3.05) is 6.61 Å². The van der Waals surface area contributed by atoms with Crippen LogP contribution in [0.5, 0.6) is 0 Å². The van der Waals surface area contributed by atoms with Crippen LogP contribution in [-0.4, -0.2) is 25.2 Å². The highest BCUT2D eigenvalue weighted by molar-refractivity contribution is 9.10. The molecule has 0 radical (unpaired) electrons. The molecular weight excluding hydrogens is 405 g/mol. The second-order valence-corrected chi connectivity index (χ2v) is 7.10. The average molecular weight is 426 g/mol. The van der Waals surface area contributed by atoms with Gasteiger partial charge >= 0.3 is 5.97 Å². The molecule has 0 aromatic heterocycles. The molecule has 0 bridgehead atoms. The fourth-order valence-corrected chi connectivity index (χ4v) is 3.74. The van der Waals surface area contributed by atoms with Crippen molar-refractivity contribution in [3.8, 4) is 0 Å². The Morgan fingerprint density at radius 2 is 2.00 bits per heavy atom. The Bertz CT molecular complexity index is 799. The van der Waals surface area contributed by atoms with E-state index in [-0.39, 0.29) is 18.7 Å². The molecule has 7 heteroatoms. The lowest BCUT2D eigenvalue weighted by Gasteiger charge is -2.41. The highest BCUT2D eigenvalue weighted by Gasteiger charge is 2.42. The first-order valence-electron chi connectivity index (χ1n) is 8.44. The van der Waals surface area contributed by atoms with Crippen molar-refractivity contribution in [2.45, 2.75) is 46.2 Å². The molecule has 26 heavy (non-hydrogen) atoms. The summed E-state index contributed by atoms with van der Waals surface area (Å²) in [6.45, 7) is 7.56. The topological polar surface area (TPSA) is 56.8 Å². The lowest BCUT2D eigenvalue weighted by molar-refractivity contribution is -0.360. The zero-order chi connectivity index (χ0) is 19.0. The summed E-state index contributed by atoms with van der Waals surface area (Å²) in [6, 6.07) is 4.71. The first-order valence-corrected chi connectivity index (χ1v) is 9.24. The molecule has 5 nitrogen and oxygen atoms in total. The summed E-state index contributed by atoms with van der Waals surface area (Å²) in [5, 5.41) is 3.22. The molecule has 1 aromatic rings. The number of hydrogen-bond donors (Lipinski definition) is 1. The fraction of sp³-hybridized carbons (Fsp3) is 0.421. The molecule has 1 aromatic carbocycles. The summed E-state index contributed by atoms with van der Waals surface area (Å²) in [4.78, 5) is 12.7. The van der Waals surface area contributed by atoms with Crippen LogP contribution in [0.2, 0.25) is 0 Å². The Morgan fingerprint density at radius 1 is 1.31 bits per heavy atom. The number of carbonyl (C=O) groups excluding carboxylic acids is 1. The highest BCUT2D eigenvalue weighted by Crippen LogP contribution is 2.44.